The Morgan fingerprint density at radius 2 is 1.76 bits per heavy atom. The highest BCUT2D eigenvalue weighted by molar-refractivity contribution is 6.30. The number of aromatic nitrogens is 2. The van der Waals surface area contributed by atoms with Gasteiger partial charge >= 0.3 is 0 Å². The molecular formula is C24H26ClN3O. The van der Waals surface area contributed by atoms with Crippen molar-refractivity contribution in [3.05, 3.63) is 64.9 Å². The van der Waals surface area contributed by atoms with Crippen molar-refractivity contribution in [1.82, 2.24) is 14.5 Å². The molecule has 1 amide bonds. The second-order valence-corrected chi connectivity index (χ2v) is 8.85. The van der Waals surface area contributed by atoms with E-state index < -0.39 is 0 Å². The molecular weight excluding hydrogens is 382 g/mol. The van der Waals surface area contributed by atoms with Crippen molar-refractivity contribution < 1.29 is 4.79 Å². The number of para-hydroxylation sites is 2. The number of fused-ring (bicyclic) bond motifs is 1. The Morgan fingerprint density at radius 3 is 2.55 bits per heavy atom. The Morgan fingerprint density at radius 1 is 1.00 bits per heavy atom. The molecule has 1 aliphatic carbocycles. The molecule has 2 fully saturated rings. The molecule has 0 bridgehead atoms. The van der Waals surface area contributed by atoms with Gasteiger partial charge in [0.15, 0.2) is 0 Å². The number of hydrogen-bond acceptors (Lipinski definition) is 2. The van der Waals surface area contributed by atoms with Gasteiger partial charge in [-0.05, 0) is 42.7 Å². The first-order valence-corrected chi connectivity index (χ1v) is 11.1. The van der Waals surface area contributed by atoms with E-state index in [-0.39, 0.29) is 5.92 Å². The predicted molar refractivity (Wildman–Crippen MR) is 116 cm³/mol. The topological polar surface area (TPSA) is 38.1 Å². The first kappa shape index (κ1) is 18.7. The molecule has 3 aromatic rings. The van der Waals surface area contributed by atoms with Gasteiger partial charge in [0.2, 0.25) is 5.91 Å². The number of benzene rings is 2. The number of amides is 1. The minimum absolute atomic E-state index is 0.157. The maximum atomic E-state index is 12.9. The SMILES string of the molecule is O=C1CC(c2nc3ccccc3n2Cc2ccc(Cl)cc2)CN1C1CCCCC1. The van der Waals surface area contributed by atoms with E-state index in [1.165, 1.54) is 24.8 Å². The van der Waals surface area contributed by atoms with Gasteiger partial charge < -0.3 is 9.47 Å². The third-order valence-corrected chi connectivity index (χ3v) is 6.73. The first-order chi connectivity index (χ1) is 14.2. The molecule has 2 aromatic carbocycles. The van der Waals surface area contributed by atoms with E-state index in [4.69, 9.17) is 16.6 Å². The monoisotopic (exact) mass is 407 g/mol. The van der Waals surface area contributed by atoms with Crippen molar-refractivity contribution in [1.29, 1.82) is 0 Å². The summed E-state index contributed by atoms with van der Waals surface area (Å²) in [6.07, 6.45) is 6.67. The summed E-state index contributed by atoms with van der Waals surface area (Å²) >= 11 is 6.07. The predicted octanol–water partition coefficient (Wildman–Crippen LogP) is 5.39. The summed E-state index contributed by atoms with van der Waals surface area (Å²) in [6, 6.07) is 16.7. The number of halogens is 1. The van der Waals surface area contributed by atoms with Crippen LogP contribution >= 0.6 is 11.6 Å². The minimum atomic E-state index is 0.157. The molecule has 4 nitrogen and oxygen atoms in total. The minimum Gasteiger partial charge on any atom is -0.339 e. The molecule has 150 valence electrons. The number of carbonyl (C=O) groups is 1. The highest BCUT2D eigenvalue weighted by Gasteiger charge is 2.37. The molecule has 1 atom stereocenters. The highest BCUT2D eigenvalue weighted by Crippen LogP contribution is 2.35. The van der Waals surface area contributed by atoms with Crippen molar-refractivity contribution in [2.45, 2.75) is 57.0 Å². The molecule has 29 heavy (non-hydrogen) atoms. The van der Waals surface area contributed by atoms with Crippen LogP contribution in [0.25, 0.3) is 11.0 Å². The average molecular weight is 408 g/mol. The smallest absolute Gasteiger partial charge is 0.223 e. The molecule has 5 rings (SSSR count). The van der Waals surface area contributed by atoms with Gasteiger partial charge in [-0.25, -0.2) is 4.98 Å². The lowest BCUT2D eigenvalue weighted by atomic mass is 9.94. The van der Waals surface area contributed by atoms with Crippen LogP contribution in [-0.2, 0) is 11.3 Å². The van der Waals surface area contributed by atoms with Gasteiger partial charge in [-0.2, -0.15) is 0 Å². The van der Waals surface area contributed by atoms with Crippen molar-refractivity contribution in [3.8, 4) is 0 Å². The third kappa shape index (κ3) is 3.66. The second-order valence-electron chi connectivity index (χ2n) is 8.41. The van der Waals surface area contributed by atoms with E-state index in [1.807, 2.05) is 18.2 Å². The summed E-state index contributed by atoms with van der Waals surface area (Å²) < 4.78 is 2.29. The van der Waals surface area contributed by atoms with Crippen LogP contribution in [0.1, 0.15) is 55.8 Å². The summed E-state index contributed by atoms with van der Waals surface area (Å²) in [7, 11) is 0. The number of imidazole rings is 1. The Hall–Kier alpha value is -2.33. The van der Waals surface area contributed by atoms with E-state index in [0.717, 1.165) is 47.8 Å². The van der Waals surface area contributed by atoms with E-state index in [2.05, 4.69) is 39.8 Å². The molecule has 1 saturated carbocycles. The summed E-state index contributed by atoms with van der Waals surface area (Å²) in [5, 5.41) is 0.744. The van der Waals surface area contributed by atoms with Crippen LogP contribution in [0.4, 0.5) is 0 Å². The van der Waals surface area contributed by atoms with E-state index in [9.17, 15) is 4.79 Å². The second kappa shape index (κ2) is 7.83. The largest absolute Gasteiger partial charge is 0.339 e. The molecule has 2 aliphatic rings. The standard InChI is InChI=1S/C24H26ClN3O/c25-19-12-10-17(11-13-19)15-28-22-9-5-4-8-21(22)26-24(28)18-14-23(29)27(16-18)20-6-2-1-3-7-20/h4-5,8-13,18,20H,1-3,6-7,14-16H2. The van der Waals surface area contributed by atoms with Gasteiger partial charge in [0.25, 0.3) is 0 Å². The summed E-state index contributed by atoms with van der Waals surface area (Å²) in [4.78, 5) is 20.0. The molecule has 0 spiro atoms. The summed E-state index contributed by atoms with van der Waals surface area (Å²) in [5.41, 5.74) is 3.31. The van der Waals surface area contributed by atoms with Gasteiger partial charge in [0, 0.05) is 36.5 Å². The van der Waals surface area contributed by atoms with E-state index >= 15 is 0 Å². The molecule has 2 heterocycles. The molecule has 1 aliphatic heterocycles. The van der Waals surface area contributed by atoms with Crippen LogP contribution in [0.2, 0.25) is 5.02 Å². The zero-order valence-corrected chi connectivity index (χ0v) is 17.3. The van der Waals surface area contributed by atoms with Crippen LogP contribution in [-0.4, -0.2) is 32.9 Å². The fourth-order valence-corrected chi connectivity index (χ4v) is 5.12. The van der Waals surface area contributed by atoms with Crippen LogP contribution in [0.15, 0.2) is 48.5 Å². The number of nitrogens with zero attached hydrogens (tertiary/aromatic N) is 3. The van der Waals surface area contributed by atoms with Gasteiger partial charge in [-0.15, -0.1) is 0 Å². The van der Waals surface area contributed by atoms with Crippen molar-refractivity contribution in [2.75, 3.05) is 6.54 Å². The van der Waals surface area contributed by atoms with Crippen LogP contribution in [0.3, 0.4) is 0 Å². The summed E-state index contributed by atoms with van der Waals surface area (Å²) in [6.45, 7) is 1.54. The lowest BCUT2D eigenvalue weighted by Crippen LogP contribution is -2.37. The molecule has 0 N–H and O–H groups in total. The van der Waals surface area contributed by atoms with E-state index in [1.54, 1.807) is 0 Å². The Kier molecular flexibility index (Phi) is 5.04. The number of likely N-dealkylation sites (tertiary alicyclic amines) is 1. The molecule has 1 unspecified atom stereocenters. The van der Waals surface area contributed by atoms with Crippen molar-refractivity contribution in [2.24, 2.45) is 0 Å². The van der Waals surface area contributed by atoms with Gasteiger partial charge in [-0.3, -0.25) is 4.79 Å². The zero-order valence-electron chi connectivity index (χ0n) is 16.6. The first-order valence-electron chi connectivity index (χ1n) is 10.7. The van der Waals surface area contributed by atoms with Gasteiger partial charge in [-0.1, -0.05) is 55.1 Å². The van der Waals surface area contributed by atoms with Crippen LogP contribution in [0.5, 0.6) is 0 Å². The molecule has 1 saturated heterocycles. The normalized spacial score (nSPS) is 20.7. The summed E-state index contributed by atoms with van der Waals surface area (Å²) in [5.74, 6) is 1.49. The quantitative estimate of drug-likeness (QED) is 0.581. The Labute approximate surface area is 176 Å². The van der Waals surface area contributed by atoms with Gasteiger partial charge in [0.05, 0.1) is 11.0 Å². The number of hydrogen-bond donors (Lipinski definition) is 0. The fraction of sp³-hybridized carbons (Fsp3) is 0.417. The maximum Gasteiger partial charge on any atom is 0.223 e. The van der Waals surface area contributed by atoms with Crippen LogP contribution < -0.4 is 0 Å². The van der Waals surface area contributed by atoms with Crippen LogP contribution in [0, 0.1) is 0 Å². The number of carbonyl (C=O) groups excluding carboxylic acids is 1. The third-order valence-electron chi connectivity index (χ3n) is 6.48. The number of rotatable bonds is 4. The van der Waals surface area contributed by atoms with Crippen molar-refractivity contribution in [3.63, 3.8) is 0 Å². The maximum absolute atomic E-state index is 12.9. The van der Waals surface area contributed by atoms with Gasteiger partial charge in [0.1, 0.15) is 5.82 Å². The molecule has 0 radical (unpaired) electrons. The highest BCUT2D eigenvalue weighted by atomic mass is 35.5. The lowest BCUT2D eigenvalue weighted by molar-refractivity contribution is -0.130. The fourth-order valence-electron chi connectivity index (χ4n) is 4.99. The Bertz CT molecular complexity index is 1020. The zero-order chi connectivity index (χ0) is 19.8. The molecule has 1 aromatic heterocycles. The molecule has 5 heteroatoms. The Balaban J connectivity index is 1.48. The van der Waals surface area contributed by atoms with E-state index in [0.29, 0.717) is 18.4 Å². The van der Waals surface area contributed by atoms with Crippen molar-refractivity contribution >= 4 is 28.5 Å². The lowest BCUT2D eigenvalue weighted by Gasteiger charge is -2.31. The average Bonchev–Trinajstić information content (AvgIpc) is 3.31.